The Morgan fingerprint density at radius 1 is 0.594 bits per heavy atom. The molecule has 0 amide bonds. The highest BCUT2D eigenvalue weighted by atomic mass is 15.1. The van der Waals surface area contributed by atoms with E-state index in [4.69, 9.17) is 4.98 Å². The Kier molecular flexibility index (Phi) is 4.40. The van der Waals surface area contributed by atoms with E-state index in [-0.39, 0.29) is 0 Å². The number of para-hydroxylation sites is 2. The van der Waals surface area contributed by atoms with E-state index in [9.17, 15) is 0 Å². The molecule has 152 valence electrons. The fourth-order valence-corrected chi connectivity index (χ4v) is 4.08. The summed E-state index contributed by atoms with van der Waals surface area (Å²) in [4.78, 5) is 4.81. The van der Waals surface area contributed by atoms with Crippen molar-refractivity contribution in [2.75, 3.05) is 5.32 Å². The van der Waals surface area contributed by atoms with Gasteiger partial charge in [-0.3, -0.25) is 5.10 Å². The molecule has 4 heteroatoms. The van der Waals surface area contributed by atoms with Crippen molar-refractivity contribution in [1.29, 1.82) is 0 Å². The van der Waals surface area contributed by atoms with Crippen LogP contribution in [0.2, 0.25) is 0 Å². The lowest BCUT2D eigenvalue weighted by Crippen LogP contribution is -1.95. The van der Waals surface area contributed by atoms with Crippen molar-refractivity contribution in [3.63, 3.8) is 0 Å². The molecule has 6 aromatic rings. The van der Waals surface area contributed by atoms with Crippen LogP contribution in [0, 0.1) is 0 Å². The van der Waals surface area contributed by atoms with Crippen molar-refractivity contribution in [3.8, 4) is 22.5 Å². The summed E-state index contributed by atoms with van der Waals surface area (Å²) >= 11 is 0. The van der Waals surface area contributed by atoms with Crippen molar-refractivity contribution >= 4 is 33.2 Å². The maximum Gasteiger partial charge on any atom is 0.0927 e. The Bertz CT molecular complexity index is 1480. The molecule has 4 nitrogen and oxygen atoms in total. The summed E-state index contributed by atoms with van der Waals surface area (Å²) in [6.45, 7) is 0. The monoisotopic (exact) mass is 412 g/mol. The molecule has 0 atom stereocenters. The SMILES string of the molecule is c1ccc(-c2cc(-c3ccc(Nc4c5ccccc5nc5ccccc45)cc3)[nH]n2)cc1. The van der Waals surface area contributed by atoms with Gasteiger partial charge >= 0.3 is 0 Å². The predicted octanol–water partition coefficient (Wildman–Crippen LogP) is 7.19. The molecule has 0 radical (unpaired) electrons. The number of anilines is 2. The van der Waals surface area contributed by atoms with Crippen LogP contribution in [0.3, 0.4) is 0 Å². The van der Waals surface area contributed by atoms with Gasteiger partial charge in [0.2, 0.25) is 0 Å². The fraction of sp³-hybridized carbons (Fsp3) is 0. The standard InChI is InChI=1S/C28H20N4/c1-2-8-19(9-3-1)26-18-27(32-31-26)20-14-16-21(17-15-20)29-28-22-10-4-6-12-24(22)30-25-13-7-5-11-23(25)28/h1-18H,(H,29,30)(H,31,32). The first kappa shape index (κ1) is 18.3. The minimum atomic E-state index is 0.942. The molecule has 0 aliphatic rings. The van der Waals surface area contributed by atoms with Gasteiger partial charge in [0.1, 0.15) is 0 Å². The quantitative estimate of drug-likeness (QED) is 0.301. The topological polar surface area (TPSA) is 53.6 Å². The first-order valence-electron chi connectivity index (χ1n) is 10.6. The summed E-state index contributed by atoms with van der Waals surface area (Å²) in [5.74, 6) is 0. The van der Waals surface area contributed by atoms with E-state index in [1.165, 1.54) is 0 Å². The van der Waals surface area contributed by atoms with Gasteiger partial charge in [0, 0.05) is 22.0 Å². The summed E-state index contributed by atoms with van der Waals surface area (Å²) in [5, 5.41) is 13.5. The number of H-pyrrole nitrogens is 1. The van der Waals surface area contributed by atoms with E-state index < -0.39 is 0 Å². The van der Waals surface area contributed by atoms with E-state index in [0.29, 0.717) is 0 Å². The maximum atomic E-state index is 4.81. The number of aromatic amines is 1. The van der Waals surface area contributed by atoms with E-state index in [2.05, 4.69) is 94.4 Å². The first-order valence-corrected chi connectivity index (χ1v) is 10.6. The second kappa shape index (κ2) is 7.67. The first-order chi connectivity index (χ1) is 15.8. The van der Waals surface area contributed by atoms with Crippen LogP contribution in [-0.4, -0.2) is 15.2 Å². The highest BCUT2D eigenvalue weighted by molar-refractivity contribution is 6.08. The molecule has 2 N–H and O–H groups in total. The second-order valence-electron chi connectivity index (χ2n) is 7.76. The molecular formula is C28H20N4. The zero-order valence-corrected chi connectivity index (χ0v) is 17.3. The van der Waals surface area contributed by atoms with E-state index in [1.54, 1.807) is 0 Å². The van der Waals surface area contributed by atoms with Gasteiger partial charge in [-0.05, 0) is 35.9 Å². The zero-order valence-electron chi connectivity index (χ0n) is 17.3. The number of rotatable bonds is 4. The summed E-state index contributed by atoms with van der Waals surface area (Å²) in [5.41, 5.74) is 8.20. The van der Waals surface area contributed by atoms with Crippen LogP contribution in [0.25, 0.3) is 44.3 Å². The lowest BCUT2D eigenvalue weighted by atomic mass is 10.1. The third-order valence-corrected chi connectivity index (χ3v) is 5.70. The van der Waals surface area contributed by atoms with Gasteiger partial charge in [-0.15, -0.1) is 0 Å². The van der Waals surface area contributed by atoms with Gasteiger partial charge < -0.3 is 5.32 Å². The zero-order chi connectivity index (χ0) is 21.3. The number of nitrogens with one attached hydrogen (secondary N) is 2. The summed E-state index contributed by atoms with van der Waals surface area (Å²) in [6.07, 6.45) is 0. The van der Waals surface area contributed by atoms with Gasteiger partial charge in [0.25, 0.3) is 0 Å². The number of hydrogen-bond donors (Lipinski definition) is 2. The summed E-state index contributed by atoms with van der Waals surface area (Å²) in [7, 11) is 0. The van der Waals surface area contributed by atoms with Crippen LogP contribution >= 0.6 is 0 Å². The normalized spacial score (nSPS) is 11.1. The average Bonchev–Trinajstić information content (AvgIpc) is 3.35. The Morgan fingerprint density at radius 3 is 1.91 bits per heavy atom. The van der Waals surface area contributed by atoms with Gasteiger partial charge in [-0.1, -0.05) is 78.9 Å². The maximum absolute atomic E-state index is 4.81. The third kappa shape index (κ3) is 3.28. The van der Waals surface area contributed by atoms with Crippen molar-refractivity contribution in [2.24, 2.45) is 0 Å². The van der Waals surface area contributed by atoms with Crippen LogP contribution in [0.4, 0.5) is 11.4 Å². The molecule has 0 saturated carbocycles. The van der Waals surface area contributed by atoms with Gasteiger partial charge in [0.15, 0.2) is 0 Å². The van der Waals surface area contributed by atoms with Crippen molar-refractivity contribution in [3.05, 3.63) is 109 Å². The molecule has 0 spiro atoms. The summed E-state index contributed by atoms with van der Waals surface area (Å²) < 4.78 is 0. The molecule has 0 saturated heterocycles. The third-order valence-electron chi connectivity index (χ3n) is 5.70. The van der Waals surface area contributed by atoms with Crippen molar-refractivity contribution in [1.82, 2.24) is 15.2 Å². The van der Waals surface area contributed by atoms with Crippen LogP contribution < -0.4 is 5.32 Å². The number of hydrogen-bond acceptors (Lipinski definition) is 3. The Balaban J connectivity index is 1.34. The molecule has 0 fully saturated rings. The van der Waals surface area contributed by atoms with E-state index in [1.807, 2.05) is 30.3 Å². The minimum absolute atomic E-state index is 0.942. The second-order valence-corrected chi connectivity index (χ2v) is 7.76. The van der Waals surface area contributed by atoms with E-state index in [0.717, 1.165) is 55.7 Å². The molecule has 0 aliphatic carbocycles. The molecule has 0 bridgehead atoms. The van der Waals surface area contributed by atoms with Crippen LogP contribution in [0.1, 0.15) is 0 Å². The number of aromatic nitrogens is 3. The van der Waals surface area contributed by atoms with Gasteiger partial charge in [-0.2, -0.15) is 5.10 Å². The molecule has 6 rings (SSSR count). The van der Waals surface area contributed by atoms with Crippen LogP contribution in [-0.2, 0) is 0 Å². The number of nitrogens with zero attached hydrogens (tertiary/aromatic N) is 2. The number of benzene rings is 4. The minimum Gasteiger partial charge on any atom is -0.354 e. The highest BCUT2D eigenvalue weighted by Gasteiger charge is 2.10. The lowest BCUT2D eigenvalue weighted by Gasteiger charge is -2.13. The summed E-state index contributed by atoms with van der Waals surface area (Å²) in [6, 6.07) is 37.2. The Hall–Kier alpha value is -4.44. The Morgan fingerprint density at radius 2 is 1.22 bits per heavy atom. The highest BCUT2D eigenvalue weighted by Crippen LogP contribution is 2.33. The fourth-order valence-electron chi connectivity index (χ4n) is 4.08. The molecule has 32 heavy (non-hydrogen) atoms. The number of pyridine rings is 1. The van der Waals surface area contributed by atoms with Gasteiger partial charge in [0.05, 0.1) is 28.1 Å². The van der Waals surface area contributed by atoms with Crippen molar-refractivity contribution in [2.45, 2.75) is 0 Å². The average molecular weight is 412 g/mol. The number of fused-ring (bicyclic) bond motifs is 2. The Labute approximate surface area is 185 Å². The van der Waals surface area contributed by atoms with Crippen molar-refractivity contribution < 1.29 is 0 Å². The van der Waals surface area contributed by atoms with Crippen LogP contribution in [0.15, 0.2) is 109 Å². The predicted molar refractivity (Wildman–Crippen MR) is 132 cm³/mol. The molecular weight excluding hydrogens is 392 g/mol. The largest absolute Gasteiger partial charge is 0.354 e. The van der Waals surface area contributed by atoms with E-state index >= 15 is 0 Å². The molecule has 0 aliphatic heterocycles. The van der Waals surface area contributed by atoms with Gasteiger partial charge in [-0.25, -0.2) is 4.98 Å². The molecule has 4 aromatic carbocycles. The van der Waals surface area contributed by atoms with Crippen LogP contribution in [0.5, 0.6) is 0 Å². The molecule has 2 aromatic heterocycles. The lowest BCUT2D eigenvalue weighted by molar-refractivity contribution is 1.10. The smallest absolute Gasteiger partial charge is 0.0927 e. The molecule has 0 unspecified atom stereocenters. The molecule has 2 heterocycles.